The maximum absolute atomic E-state index is 12.7. The first-order chi connectivity index (χ1) is 11.5. The van der Waals surface area contributed by atoms with Crippen LogP contribution in [0.2, 0.25) is 0 Å². The molecule has 0 bridgehead atoms. The quantitative estimate of drug-likeness (QED) is 0.627. The molecular weight excluding hydrogens is 448 g/mol. The zero-order valence-electron chi connectivity index (χ0n) is 14.5. The molecule has 1 aliphatic heterocycles. The van der Waals surface area contributed by atoms with E-state index in [0.717, 1.165) is 11.6 Å². The molecule has 0 aromatic heterocycles. The lowest BCUT2D eigenvalue weighted by Crippen LogP contribution is -2.47. The fraction of sp³-hybridized carbons (Fsp3) is 0.588. The van der Waals surface area contributed by atoms with Crippen molar-refractivity contribution in [3.63, 3.8) is 0 Å². The third kappa shape index (κ3) is 5.82. The normalized spacial score (nSPS) is 17.6. The van der Waals surface area contributed by atoms with Crippen molar-refractivity contribution in [2.75, 3.05) is 26.2 Å². The van der Waals surface area contributed by atoms with Crippen molar-refractivity contribution in [3.05, 3.63) is 32.9 Å². The Balaban J connectivity index is 1.89. The van der Waals surface area contributed by atoms with E-state index in [0.29, 0.717) is 36.3 Å². The lowest BCUT2D eigenvalue weighted by molar-refractivity contribution is -0.207. The number of benzene rings is 1. The summed E-state index contributed by atoms with van der Waals surface area (Å²) in [6.07, 6.45) is -4.32. The molecule has 0 radical (unpaired) electrons. The molecular formula is C17H22F3IN2O2. The molecule has 1 aromatic rings. The Bertz CT molecular complexity index is 621. The van der Waals surface area contributed by atoms with Gasteiger partial charge in [-0.2, -0.15) is 13.2 Å². The first-order valence-corrected chi connectivity index (χ1v) is 9.10. The van der Waals surface area contributed by atoms with E-state index in [4.69, 9.17) is 4.84 Å². The molecule has 140 valence electrons. The maximum atomic E-state index is 12.7. The van der Waals surface area contributed by atoms with Gasteiger partial charge in [0.25, 0.3) is 0 Å². The molecule has 0 spiro atoms. The van der Waals surface area contributed by atoms with Crippen LogP contribution in [0.15, 0.2) is 18.2 Å². The first kappa shape index (κ1) is 20.4. The van der Waals surface area contributed by atoms with Crippen molar-refractivity contribution in [1.29, 1.82) is 0 Å². The number of piperazine rings is 1. The zero-order valence-corrected chi connectivity index (χ0v) is 16.6. The van der Waals surface area contributed by atoms with E-state index in [-0.39, 0.29) is 5.97 Å². The van der Waals surface area contributed by atoms with Gasteiger partial charge >= 0.3 is 12.1 Å². The Morgan fingerprint density at radius 3 is 2.24 bits per heavy atom. The molecule has 1 saturated heterocycles. The van der Waals surface area contributed by atoms with Gasteiger partial charge in [0.05, 0.1) is 11.0 Å². The minimum absolute atomic E-state index is 0.266. The molecule has 4 nitrogen and oxygen atoms in total. The molecule has 2 rings (SSSR count). The first-order valence-electron chi connectivity index (χ1n) is 8.02. The second kappa shape index (κ2) is 7.79. The molecule has 0 N–H and O–H groups in total. The van der Waals surface area contributed by atoms with Gasteiger partial charge in [-0.1, -0.05) is 6.07 Å². The van der Waals surface area contributed by atoms with Crippen molar-refractivity contribution < 1.29 is 22.8 Å². The number of carbonyl (C=O) groups excluding carboxylic acids is 1. The Labute approximate surface area is 159 Å². The number of hydroxylamine groups is 2. The topological polar surface area (TPSA) is 32.8 Å². The van der Waals surface area contributed by atoms with Gasteiger partial charge in [-0.25, -0.2) is 4.79 Å². The Morgan fingerprint density at radius 2 is 1.76 bits per heavy atom. The highest BCUT2D eigenvalue weighted by atomic mass is 127. The van der Waals surface area contributed by atoms with Crippen LogP contribution < -0.4 is 0 Å². The van der Waals surface area contributed by atoms with Crippen LogP contribution in [0, 0.1) is 8.99 Å². The van der Waals surface area contributed by atoms with E-state index < -0.39 is 17.2 Å². The van der Waals surface area contributed by atoms with Gasteiger partial charge in [0, 0.05) is 36.3 Å². The third-order valence-electron chi connectivity index (χ3n) is 3.93. The fourth-order valence-electron chi connectivity index (χ4n) is 2.33. The Hall–Kier alpha value is -0.870. The third-order valence-corrected chi connectivity index (χ3v) is 4.93. The number of carbonyl (C=O) groups is 1. The largest absolute Gasteiger partial charge is 0.416 e. The van der Waals surface area contributed by atoms with E-state index in [1.165, 1.54) is 12.1 Å². The molecule has 1 aromatic carbocycles. The predicted molar refractivity (Wildman–Crippen MR) is 96.6 cm³/mol. The molecule has 25 heavy (non-hydrogen) atoms. The Morgan fingerprint density at radius 1 is 1.16 bits per heavy atom. The summed E-state index contributed by atoms with van der Waals surface area (Å²) in [4.78, 5) is 19.4. The van der Waals surface area contributed by atoms with E-state index in [1.54, 1.807) is 25.8 Å². The average Bonchev–Trinajstić information content (AvgIpc) is 2.49. The number of alkyl halides is 3. The van der Waals surface area contributed by atoms with E-state index in [2.05, 4.69) is 4.90 Å². The standard InChI is InChI=1S/C17H22F3IN2O2/c1-16(2,3)15(24)25-23-8-6-22(7-9-23)11-12-4-5-13(10-14(12)21)17(18,19)20/h4-5,10H,6-9,11H2,1-3H3. The predicted octanol–water partition coefficient (Wildman–Crippen LogP) is 3.93. The summed E-state index contributed by atoms with van der Waals surface area (Å²) >= 11 is 1.94. The van der Waals surface area contributed by atoms with Gasteiger partial charge in [-0.3, -0.25) is 4.90 Å². The highest BCUT2D eigenvalue weighted by Crippen LogP contribution is 2.31. The molecule has 1 fully saturated rings. The highest BCUT2D eigenvalue weighted by molar-refractivity contribution is 14.1. The van der Waals surface area contributed by atoms with Gasteiger partial charge < -0.3 is 4.84 Å². The second-order valence-corrected chi connectivity index (χ2v) is 8.30. The van der Waals surface area contributed by atoms with Crippen molar-refractivity contribution in [1.82, 2.24) is 9.96 Å². The van der Waals surface area contributed by atoms with Crippen molar-refractivity contribution in [3.8, 4) is 0 Å². The number of hydrogen-bond donors (Lipinski definition) is 0. The minimum atomic E-state index is -4.32. The Kier molecular flexibility index (Phi) is 6.37. The van der Waals surface area contributed by atoms with Crippen LogP contribution in [0.25, 0.3) is 0 Å². The number of rotatable bonds is 3. The van der Waals surface area contributed by atoms with E-state index in [1.807, 2.05) is 22.6 Å². The molecule has 1 aliphatic rings. The molecule has 0 saturated carbocycles. The van der Waals surface area contributed by atoms with Crippen molar-refractivity contribution >= 4 is 28.6 Å². The molecule has 0 atom stereocenters. The average molecular weight is 470 g/mol. The van der Waals surface area contributed by atoms with Gasteiger partial charge in [-0.15, -0.1) is 5.06 Å². The van der Waals surface area contributed by atoms with E-state index in [9.17, 15) is 18.0 Å². The summed E-state index contributed by atoms with van der Waals surface area (Å²) < 4.78 is 38.8. The summed E-state index contributed by atoms with van der Waals surface area (Å²) in [5, 5.41) is 1.65. The minimum Gasteiger partial charge on any atom is -0.367 e. The van der Waals surface area contributed by atoms with Crippen LogP contribution in [0.1, 0.15) is 31.9 Å². The van der Waals surface area contributed by atoms with Crippen LogP contribution in [0.4, 0.5) is 13.2 Å². The number of nitrogens with zero attached hydrogens (tertiary/aromatic N) is 2. The molecule has 1 heterocycles. The van der Waals surface area contributed by atoms with Crippen molar-refractivity contribution in [2.45, 2.75) is 33.5 Å². The van der Waals surface area contributed by atoms with Crippen LogP contribution in [0.5, 0.6) is 0 Å². The van der Waals surface area contributed by atoms with E-state index >= 15 is 0 Å². The van der Waals surface area contributed by atoms with Gasteiger partial charge in [0.2, 0.25) is 0 Å². The SMILES string of the molecule is CC(C)(C)C(=O)ON1CCN(Cc2ccc(C(F)(F)F)cc2I)CC1. The smallest absolute Gasteiger partial charge is 0.367 e. The van der Waals surface area contributed by atoms with Crippen LogP contribution in [-0.2, 0) is 22.4 Å². The summed E-state index contributed by atoms with van der Waals surface area (Å²) in [5.41, 5.74) is -0.304. The number of hydrogen-bond acceptors (Lipinski definition) is 4. The van der Waals surface area contributed by atoms with Crippen LogP contribution >= 0.6 is 22.6 Å². The summed E-state index contributed by atoms with van der Waals surface area (Å²) in [7, 11) is 0. The fourth-order valence-corrected chi connectivity index (χ4v) is 3.01. The second-order valence-electron chi connectivity index (χ2n) is 7.14. The van der Waals surface area contributed by atoms with Gasteiger partial charge in [0.1, 0.15) is 0 Å². The maximum Gasteiger partial charge on any atom is 0.416 e. The summed E-state index contributed by atoms with van der Waals surface area (Å²) in [5.74, 6) is -0.266. The molecule has 0 unspecified atom stereocenters. The summed E-state index contributed by atoms with van der Waals surface area (Å²) in [6, 6.07) is 3.84. The zero-order chi connectivity index (χ0) is 18.8. The van der Waals surface area contributed by atoms with Crippen molar-refractivity contribution in [2.24, 2.45) is 5.41 Å². The molecule has 8 heteroatoms. The lowest BCUT2D eigenvalue weighted by atomic mass is 9.98. The highest BCUT2D eigenvalue weighted by Gasteiger charge is 2.31. The summed E-state index contributed by atoms with van der Waals surface area (Å²) in [6.45, 7) is 8.53. The van der Waals surface area contributed by atoms with Gasteiger partial charge in [0.15, 0.2) is 0 Å². The lowest BCUT2D eigenvalue weighted by Gasteiger charge is -2.34. The van der Waals surface area contributed by atoms with Gasteiger partial charge in [-0.05, 0) is 61.1 Å². The van der Waals surface area contributed by atoms with Crippen LogP contribution in [0.3, 0.4) is 0 Å². The monoisotopic (exact) mass is 470 g/mol. The molecule has 0 aliphatic carbocycles. The number of halogens is 4. The van der Waals surface area contributed by atoms with Crippen LogP contribution in [-0.4, -0.2) is 42.1 Å². The molecule has 0 amide bonds.